The molecule has 1 aliphatic rings. The van der Waals surface area contributed by atoms with E-state index >= 15 is 0 Å². The van der Waals surface area contributed by atoms with Crippen molar-refractivity contribution in [3.63, 3.8) is 0 Å². The molecule has 0 aromatic heterocycles. The molecule has 0 aliphatic carbocycles. The summed E-state index contributed by atoms with van der Waals surface area (Å²) in [5, 5.41) is 0. The molecule has 1 fully saturated rings. The molecule has 0 radical (unpaired) electrons. The Balaban J connectivity index is 2.30. The van der Waals surface area contributed by atoms with E-state index in [9.17, 15) is 8.78 Å². The number of benzene rings is 1. The van der Waals surface area contributed by atoms with Crippen LogP contribution in [0, 0.1) is 17.6 Å². The molecule has 3 nitrogen and oxygen atoms in total. The van der Waals surface area contributed by atoms with E-state index in [1.54, 1.807) is 0 Å². The van der Waals surface area contributed by atoms with Gasteiger partial charge < -0.3 is 15.2 Å². The van der Waals surface area contributed by atoms with Crippen LogP contribution in [0.25, 0.3) is 0 Å². The van der Waals surface area contributed by atoms with Gasteiger partial charge in [-0.2, -0.15) is 0 Å². The van der Waals surface area contributed by atoms with Crippen LogP contribution in [-0.4, -0.2) is 19.8 Å². The Bertz CT molecular complexity index is 430. The maximum atomic E-state index is 14.0. The fraction of sp³-hybridized carbons (Fsp3) is 0.571. The van der Waals surface area contributed by atoms with E-state index in [4.69, 9.17) is 15.2 Å². The van der Waals surface area contributed by atoms with Crippen molar-refractivity contribution in [1.82, 2.24) is 0 Å². The van der Waals surface area contributed by atoms with Crippen molar-refractivity contribution in [2.24, 2.45) is 11.7 Å². The van der Waals surface area contributed by atoms with Gasteiger partial charge in [0.05, 0.1) is 13.2 Å². The topological polar surface area (TPSA) is 44.5 Å². The predicted molar refractivity (Wildman–Crippen MR) is 68.0 cm³/mol. The van der Waals surface area contributed by atoms with E-state index in [-0.39, 0.29) is 23.3 Å². The van der Waals surface area contributed by atoms with Crippen LogP contribution < -0.4 is 10.5 Å². The average molecular weight is 271 g/mol. The van der Waals surface area contributed by atoms with E-state index < -0.39 is 17.7 Å². The summed E-state index contributed by atoms with van der Waals surface area (Å²) in [7, 11) is 1.37. The van der Waals surface area contributed by atoms with Gasteiger partial charge in [0.25, 0.3) is 0 Å². The highest BCUT2D eigenvalue weighted by molar-refractivity contribution is 5.33. The highest BCUT2D eigenvalue weighted by Crippen LogP contribution is 2.36. The van der Waals surface area contributed by atoms with Gasteiger partial charge >= 0.3 is 0 Å². The third-order valence-corrected chi connectivity index (χ3v) is 3.75. The van der Waals surface area contributed by atoms with E-state index in [0.717, 1.165) is 25.0 Å². The predicted octanol–water partition coefficient (Wildman–Crippen LogP) is 2.79. The van der Waals surface area contributed by atoms with Crippen molar-refractivity contribution < 1.29 is 18.3 Å². The lowest BCUT2D eigenvalue weighted by Gasteiger charge is -2.24. The minimum absolute atomic E-state index is 0.0316. The van der Waals surface area contributed by atoms with Crippen LogP contribution in [0.1, 0.15) is 31.4 Å². The van der Waals surface area contributed by atoms with Gasteiger partial charge in [-0.05, 0) is 12.8 Å². The largest absolute Gasteiger partial charge is 0.497 e. The first-order valence-corrected chi connectivity index (χ1v) is 6.48. The lowest BCUT2D eigenvalue weighted by molar-refractivity contribution is 0.0807. The van der Waals surface area contributed by atoms with Gasteiger partial charge in [0, 0.05) is 36.3 Å². The summed E-state index contributed by atoms with van der Waals surface area (Å²) in [5.74, 6) is -1.22. The molecule has 1 aromatic carbocycles. The Morgan fingerprint density at radius 3 is 2.58 bits per heavy atom. The van der Waals surface area contributed by atoms with Crippen molar-refractivity contribution in [3.05, 3.63) is 29.3 Å². The van der Waals surface area contributed by atoms with E-state index in [1.807, 2.05) is 6.92 Å². The van der Waals surface area contributed by atoms with Crippen molar-refractivity contribution in [2.45, 2.75) is 31.9 Å². The van der Waals surface area contributed by atoms with Gasteiger partial charge in [0.2, 0.25) is 0 Å². The van der Waals surface area contributed by atoms with Gasteiger partial charge in [-0.1, -0.05) is 6.92 Å². The van der Waals surface area contributed by atoms with E-state index in [1.165, 1.54) is 7.11 Å². The Kier molecular flexibility index (Phi) is 4.37. The minimum atomic E-state index is -0.696. The summed E-state index contributed by atoms with van der Waals surface area (Å²) < 4.78 is 38.3. The van der Waals surface area contributed by atoms with Crippen molar-refractivity contribution in [1.29, 1.82) is 0 Å². The first kappa shape index (κ1) is 14.2. The number of nitrogens with two attached hydrogens (primary N) is 1. The van der Waals surface area contributed by atoms with Crippen LogP contribution in [0.15, 0.2) is 12.1 Å². The molecule has 3 unspecified atom stereocenters. The third kappa shape index (κ3) is 2.72. The maximum absolute atomic E-state index is 14.0. The molecule has 2 rings (SSSR count). The molecule has 0 amide bonds. The number of ether oxygens (including phenoxy) is 2. The molecular formula is C14H19F2NO2. The summed E-state index contributed by atoms with van der Waals surface area (Å²) in [6.07, 6.45) is 1.48. The molecule has 0 bridgehead atoms. The van der Waals surface area contributed by atoms with Gasteiger partial charge in [-0.15, -0.1) is 0 Å². The van der Waals surface area contributed by atoms with E-state index in [2.05, 4.69) is 0 Å². The average Bonchev–Trinajstić information content (AvgIpc) is 2.85. The summed E-state index contributed by atoms with van der Waals surface area (Å²) in [6, 6.07) is 1.63. The molecule has 1 saturated heterocycles. The lowest BCUT2D eigenvalue weighted by atomic mass is 9.87. The quantitative estimate of drug-likeness (QED) is 0.915. The summed E-state index contributed by atoms with van der Waals surface area (Å²) in [4.78, 5) is 0. The SMILES string of the molecule is CCC1OCCC1C(N)c1c(F)cc(OC)cc1F. The van der Waals surface area contributed by atoms with Gasteiger partial charge in [-0.3, -0.25) is 0 Å². The number of methoxy groups -OCH3 is 1. The molecule has 0 saturated carbocycles. The highest BCUT2D eigenvalue weighted by Gasteiger charge is 2.35. The highest BCUT2D eigenvalue weighted by atomic mass is 19.1. The van der Waals surface area contributed by atoms with Crippen molar-refractivity contribution >= 4 is 0 Å². The monoisotopic (exact) mass is 271 g/mol. The Hall–Kier alpha value is -1.20. The number of halogens is 2. The molecule has 1 aliphatic heterocycles. The third-order valence-electron chi connectivity index (χ3n) is 3.75. The number of hydrogen-bond acceptors (Lipinski definition) is 3. The normalized spacial score (nSPS) is 24.5. The molecule has 1 heterocycles. The number of hydrogen-bond donors (Lipinski definition) is 1. The van der Waals surface area contributed by atoms with E-state index in [0.29, 0.717) is 6.61 Å². The van der Waals surface area contributed by atoms with Gasteiger partial charge in [0.15, 0.2) is 0 Å². The minimum Gasteiger partial charge on any atom is -0.497 e. The lowest BCUT2D eigenvalue weighted by Crippen LogP contribution is -2.29. The first-order valence-electron chi connectivity index (χ1n) is 6.48. The van der Waals surface area contributed by atoms with Crippen LogP contribution in [0.5, 0.6) is 5.75 Å². The summed E-state index contributed by atoms with van der Waals surface area (Å²) >= 11 is 0. The maximum Gasteiger partial charge on any atom is 0.134 e. The van der Waals surface area contributed by atoms with Gasteiger partial charge in [0.1, 0.15) is 17.4 Å². The zero-order chi connectivity index (χ0) is 14.0. The first-order chi connectivity index (χ1) is 9.08. The van der Waals surface area contributed by atoms with Crippen LogP contribution in [0.2, 0.25) is 0 Å². The van der Waals surface area contributed by atoms with Gasteiger partial charge in [-0.25, -0.2) is 8.78 Å². The Labute approximate surface area is 111 Å². The zero-order valence-corrected chi connectivity index (χ0v) is 11.2. The molecule has 2 N–H and O–H groups in total. The molecule has 5 heteroatoms. The molecule has 1 aromatic rings. The Morgan fingerprint density at radius 2 is 2.05 bits per heavy atom. The van der Waals surface area contributed by atoms with Crippen LogP contribution in [0.3, 0.4) is 0 Å². The molecule has 19 heavy (non-hydrogen) atoms. The molecular weight excluding hydrogens is 252 g/mol. The molecule has 106 valence electrons. The zero-order valence-electron chi connectivity index (χ0n) is 11.2. The van der Waals surface area contributed by atoms with Crippen LogP contribution in [0.4, 0.5) is 8.78 Å². The molecule has 0 spiro atoms. The van der Waals surface area contributed by atoms with Crippen LogP contribution >= 0.6 is 0 Å². The summed E-state index contributed by atoms with van der Waals surface area (Å²) in [6.45, 7) is 2.58. The van der Waals surface area contributed by atoms with Crippen molar-refractivity contribution in [2.75, 3.05) is 13.7 Å². The second-order valence-electron chi connectivity index (χ2n) is 4.80. The smallest absolute Gasteiger partial charge is 0.134 e. The second kappa shape index (κ2) is 5.84. The summed E-state index contributed by atoms with van der Waals surface area (Å²) in [5.41, 5.74) is 5.98. The Morgan fingerprint density at radius 1 is 1.42 bits per heavy atom. The van der Waals surface area contributed by atoms with Crippen molar-refractivity contribution in [3.8, 4) is 5.75 Å². The fourth-order valence-corrected chi connectivity index (χ4v) is 2.71. The molecule has 3 atom stereocenters. The standard InChI is InChI=1S/C14H19F2NO2/c1-3-12-9(4-5-19-12)14(17)13-10(15)6-8(18-2)7-11(13)16/h6-7,9,12,14H,3-5,17H2,1-2H3. The van der Waals surface area contributed by atoms with Crippen LogP contribution in [-0.2, 0) is 4.74 Å². The number of rotatable bonds is 4. The fourth-order valence-electron chi connectivity index (χ4n) is 2.71. The second-order valence-corrected chi connectivity index (χ2v) is 4.80.